The van der Waals surface area contributed by atoms with Crippen molar-refractivity contribution in [2.24, 2.45) is 0 Å². The molecule has 0 bridgehead atoms. The summed E-state index contributed by atoms with van der Waals surface area (Å²) in [6.07, 6.45) is -2.26. The molecule has 0 heterocycles. The highest BCUT2D eigenvalue weighted by Gasteiger charge is 2.22. The first kappa shape index (κ1) is 14.4. The van der Waals surface area contributed by atoms with Crippen LogP contribution < -0.4 is 4.74 Å². The van der Waals surface area contributed by atoms with E-state index in [1.807, 2.05) is 0 Å². The Labute approximate surface area is 112 Å². The maximum atomic E-state index is 13.2. The van der Waals surface area contributed by atoms with Crippen molar-refractivity contribution in [3.63, 3.8) is 0 Å². The van der Waals surface area contributed by atoms with E-state index in [0.717, 1.165) is 0 Å². The Bertz CT molecular complexity index is 426. The SMILES string of the molecule is CCOC(=O)C(F)Oc1cc(Cl)c(Cl)cc1Cl. The summed E-state index contributed by atoms with van der Waals surface area (Å²) in [4.78, 5) is 11.0. The highest BCUT2D eigenvalue weighted by atomic mass is 35.5. The van der Waals surface area contributed by atoms with Crippen molar-refractivity contribution < 1.29 is 18.7 Å². The Hall–Kier alpha value is -0.710. The van der Waals surface area contributed by atoms with Crippen molar-refractivity contribution in [1.82, 2.24) is 0 Å². The van der Waals surface area contributed by atoms with Crippen molar-refractivity contribution in [3.05, 3.63) is 27.2 Å². The smallest absolute Gasteiger partial charge is 0.381 e. The zero-order chi connectivity index (χ0) is 13.0. The summed E-state index contributed by atoms with van der Waals surface area (Å²) in [7, 11) is 0. The molecule has 1 aromatic rings. The Balaban J connectivity index is 2.81. The highest BCUT2D eigenvalue weighted by Crippen LogP contribution is 2.34. The van der Waals surface area contributed by atoms with E-state index < -0.39 is 12.3 Å². The van der Waals surface area contributed by atoms with Gasteiger partial charge in [-0.1, -0.05) is 34.8 Å². The topological polar surface area (TPSA) is 35.5 Å². The zero-order valence-electron chi connectivity index (χ0n) is 8.68. The van der Waals surface area contributed by atoms with E-state index in [1.165, 1.54) is 12.1 Å². The van der Waals surface area contributed by atoms with Crippen LogP contribution in [0.5, 0.6) is 5.75 Å². The van der Waals surface area contributed by atoms with Gasteiger partial charge in [0.05, 0.1) is 21.7 Å². The Morgan fingerprint density at radius 2 is 1.88 bits per heavy atom. The zero-order valence-corrected chi connectivity index (χ0v) is 10.9. The van der Waals surface area contributed by atoms with Gasteiger partial charge in [0.1, 0.15) is 5.75 Å². The minimum absolute atomic E-state index is 0.0475. The summed E-state index contributed by atoms with van der Waals surface area (Å²) in [6, 6.07) is 2.51. The highest BCUT2D eigenvalue weighted by molar-refractivity contribution is 6.43. The number of rotatable bonds is 4. The van der Waals surface area contributed by atoms with Gasteiger partial charge < -0.3 is 9.47 Å². The molecule has 0 aliphatic rings. The molecule has 1 rings (SSSR count). The van der Waals surface area contributed by atoms with Crippen LogP contribution in [0, 0.1) is 0 Å². The molecule has 0 fully saturated rings. The van der Waals surface area contributed by atoms with Gasteiger partial charge in [0.15, 0.2) is 0 Å². The molecule has 1 unspecified atom stereocenters. The van der Waals surface area contributed by atoms with E-state index in [2.05, 4.69) is 9.47 Å². The van der Waals surface area contributed by atoms with E-state index in [0.29, 0.717) is 0 Å². The largest absolute Gasteiger partial charge is 0.461 e. The van der Waals surface area contributed by atoms with Crippen molar-refractivity contribution >= 4 is 40.8 Å². The van der Waals surface area contributed by atoms with Gasteiger partial charge in [-0.15, -0.1) is 0 Å². The van der Waals surface area contributed by atoms with E-state index in [1.54, 1.807) is 6.92 Å². The summed E-state index contributed by atoms with van der Waals surface area (Å²) >= 11 is 17.1. The van der Waals surface area contributed by atoms with Crippen molar-refractivity contribution in [2.75, 3.05) is 6.61 Å². The first-order valence-corrected chi connectivity index (χ1v) is 5.71. The average molecular weight is 302 g/mol. The average Bonchev–Trinajstić information content (AvgIpc) is 2.26. The normalized spacial score (nSPS) is 12.1. The van der Waals surface area contributed by atoms with Gasteiger partial charge in [-0.2, -0.15) is 4.39 Å². The molecule has 0 radical (unpaired) electrons. The molecular formula is C10H8Cl3FO3. The summed E-state index contributed by atoms with van der Waals surface area (Å²) in [6.45, 7) is 1.61. The predicted molar refractivity (Wildman–Crippen MR) is 63.6 cm³/mol. The van der Waals surface area contributed by atoms with E-state index >= 15 is 0 Å². The summed E-state index contributed by atoms with van der Waals surface area (Å²) in [5, 5.41) is 0.393. The summed E-state index contributed by atoms with van der Waals surface area (Å²) in [5.41, 5.74) is 0. The molecule has 0 aliphatic carbocycles. The minimum atomic E-state index is -2.26. The molecule has 94 valence electrons. The standard InChI is InChI=1S/C10H8Cl3FO3/c1-2-16-10(15)9(14)17-8-4-6(12)5(11)3-7(8)13/h3-4,9H,2H2,1H3. The van der Waals surface area contributed by atoms with Crippen molar-refractivity contribution in [3.8, 4) is 5.75 Å². The van der Waals surface area contributed by atoms with Crippen LogP contribution in [-0.2, 0) is 9.53 Å². The third-order valence-corrected chi connectivity index (χ3v) is 2.69. The molecule has 0 N–H and O–H groups in total. The number of carbonyl (C=O) groups excluding carboxylic acids is 1. The molecule has 1 aromatic carbocycles. The number of esters is 1. The molecule has 7 heteroatoms. The predicted octanol–water partition coefficient (Wildman–Crippen LogP) is 3.88. The summed E-state index contributed by atoms with van der Waals surface area (Å²) < 4.78 is 22.4. The Kier molecular flexibility index (Phi) is 5.31. The van der Waals surface area contributed by atoms with Crippen LogP contribution in [0.4, 0.5) is 4.39 Å². The Morgan fingerprint density at radius 1 is 1.29 bits per heavy atom. The summed E-state index contributed by atoms with van der Waals surface area (Å²) in [5.74, 6) is -1.21. The second-order valence-electron chi connectivity index (χ2n) is 2.88. The monoisotopic (exact) mass is 300 g/mol. The molecule has 17 heavy (non-hydrogen) atoms. The lowest BCUT2D eigenvalue weighted by Crippen LogP contribution is -2.24. The van der Waals surface area contributed by atoms with Gasteiger partial charge in [-0.05, 0) is 13.0 Å². The van der Waals surface area contributed by atoms with E-state index in [-0.39, 0.29) is 27.4 Å². The number of benzene rings is 1. The fraction of sp³-hybridized carbons (Fsp3) is 0.300. The molecule has 0 spiro atoms. The first-order valence-electron chi connectivity index (χ1n) is 4.57. The molecule has 0 saturated carbocycles. The molecule has 3 nitrogen and oxygen atoms in total. The number of hydrogen-bond donors (Lipinski definition) is 0. The van der Waals surface area contributed by atoms with Crippen molar-refractivity contribution in [2.45, 2.75) is 13.3 Å². The van der Waals surface area contributed by atoms with Gasteiger partial charge in [-0.25, -0.2) is 4.79 Å². The first-order chi connectivity index (χ1) is 7.95. The second kappa shape index (κ2) is 6.28. The van der Waals surface area contributed by atoms with Crippen molar-refractivity contribution in [1.29, 1.82) is 0 Å². The molecule has 0 saturated heterocycles. The van der Waals surface area contributed by atoms with Crippen LogP contribution in [0.1, 0.15) is 6.92 Å². The molecular weight excluding hydrogens is 293 g/mol. The van der Waals surface area contributed by atoms with Crippen LogP contribution >= 0.6 is 34.8 Å². The van der Waals surface area contributed by atoms with E-state index in [4.69, 9.17) is 34.8 Å². The molecule has 0 aliphatic heterocycles. The van der Waals surface area contributed by atoms with Gasteiger partial charge in [0.2, 0.25) is 0 Å². The number of hydrogen-bond acceptors (Lipinski definition) is 3. The fourth-order valence-electron chi connectivity index (χ4n) is 0.962. The molecule has 0 aromatic heterocycles. The number of ether oxygens (including phenoxy) is 2. The van der Waals surface area contributed by atoms with Crippen LogP contribution in [0.3, 0.4) is 0 Å². The maximum absolute atomic E-state index is 13.2. The van der Waals surface area contributed by atoms with Crippen LogP contribution in [0.15, 0.2) is 12.1 Å². The number of alkyl halides is 1. The van der Waals surface area contributed by atoms with Gasteiger partial charge in [0.25, 0.3) is 0 Å². The lowest BCUT2D eigenvalue weighted by molar-refractivity contribution is -0.159. The lowest BCUT2D eigenvalue weighted by atomic mass is 10.3. The third-order valence-electron chi connectivity index (χ3n) is 1.68. The van der Waals surface area contributed by atoms with Crippen LogP contribution in [-0.4, -0.2) is 18.9 Å². The number of halogens is 4. The second-order valence-corrected chi connectivity index (χ2v) is 4.10. The molecule has 1 atom stereocenters. The quantitative estimate of drug-likeness (QED) is 0.625. The van der Waals surface area contributed by atoms with Crippen LogP contribution in [0.2, 0.25) is 15.1 Å². The van der Waals surface area contributed by atoms with Gasteiger partial charge >= 0.3 is 12.3 Å². The molecule has 0 amide bonds. The fourth-order valence-corrected chi connectivity index (χ4v) is 1.54. The Morgan fingerprint density at radius 3 is 2.47 bits per heavy atom. The van der Waals surface area contributed by atoms with E-state index in [9.17, 15) is 9.18 Å². The minimum Gasteiger partial charge on any atom is -0.461 e. The third kappa shape index (κ3) is 3.91. The lowest BCUT2D eigenvalue weighted by Gasteiger charge is -2.12. The van der Waals surface area contributed by atoms with Gasteiger partial charge in [0, 0.05) is 6.07 Å². The van der Waals surface area contributed by atoms with Gasteiger partial charge in [-0.3, -0.25) is 0 Å². The van der Waals surface area contributed by atoms with Crippen LogP contribution in [0.25, 0.3) is 0 Å². The maximum Gasteiger partial charge on any atom is 0.381 e. The number of carbonyl (C=O) groups is 1.